The van der Waals surface area contributed by atoms with Gasteiger partial charge in [0.1, 0.15) is 6.10 Å². The maximum absolute atomic E-state index is 13.2. The Morgan fingerprint density at radius 1 is 0.833 bits per heavy atom. The van der Waals surface area contributed by atoms with Gasteiger partial charge in [0, 0.05) is 12.2 Å². The predicted molar refractivity (Wildman–Crippen MR) is 97.0 cm³/mol. The molecule has 0 amide bonds. The molecule has 3 aromatic carbocycles. The molecule has 0 aliphatic heterocycles. The normalized spacial score (nSPS) is 11.9. The smallest absolute Gasteiger partial charge is 0.196 e. The summed E-state index contributed by atoms with van der Waals surface area (Å²) in [6.45, 7) is 2.39. The summed E-state index contributed by atoms with van der Waals surface area (Å²) in [6.07, 6.45) is -0.582. The summed E-state index contributed by atoms with van der Waals surface area (Å²) in [4.78, 5) is 13.2. The van der Waals surface area contributed by atoms with E-state index >= 15 is 0 Å². The molecule has 2 heteroatoms. The first-order valence-electron chi connectivity index (χ1n) is 8.16. The molecule has 3 rings (SSSR count). The minimum absolute atomic E-state index is 0.0116. The van der Waals surface area contributed by atoms with Crippen molar-refractivity contribution < 1.29 is 9.53 Å². The summed E-state index contributed by atoms with van der Waals surface area (Å²) in [5, 5.41) is 0. The average Bonchev–Trinajstić information content (AvgIpc) is 2.67. The lowest BCUT2D eigenvalue weighted by atomic mass is 9.92. The van der Waals surface area contributed by atoms with Crippen LogP contribution in [0.5, 0.6) is 0 Å². The van der Waals surface area contributed by atoms with E-state index in [9.17, 15) is 4.79 Å². The Morgan fingerprint density at radius 3 is 2.08 bits per heavy atom. The van der Waals surface area contributed by atoms with Crippen molar-refractivity contribution in [2.45, 2.75) is 13.0 Å². The molecule has 0 saturated heterocycles. The molecular weight excluding hydrogens is 296 g/mol. The Balaban J connectivity index is 2.03. The van der Waals surface area contributed by atoms with Gasteiger partial charge in [-0.1, -0.05) is 84.9 Å². The van der Waals surface area contributed by atoms with Crippen LogP contribution in [0.2, 0.25) is 0 Å². The third-order valence-electron chi connectivity index (χ3n) is 3.95. The van der Waals surface area contributed by atoms with Crippen LogP contribution in [0.25, 0.3) is 11.1 Å². The predicted octanol–water partition coefficient (Wildman–Crippen LogP) is 5.31. The molecular formula is C22H20O2. The van der Waals surface area contributed by atoms with E-state index in [-0.39, 0.29) is 5.78 Å². The van der Waals surface area contributed by atoms with Gasteiger partial charge in [-0.3, -0.25) is 4.79 Å². The fourth-order valence-electron chi connectivity index (χ4n) is 2.83. The quantitative estimate of drug-likeness (QED) is 0.576. The zero-order chi connectivity index (χ0) is 16.8. The van der Waals surface area contributed by atoms with Crippen LogP contribution in [0.1, 0.15) is 28.9 Å². The second-order valence-electron chi connectivity index (χ2n) is 5.52. The van der Waals surface area contributed by atoms with Crippen LogP contribution in [0.4, 0.5) is 0 Å². The number of carbonyl (C=O) groups is 1. The Labute approximate surface area is 142 Å². The van der Waals surface area contributed by atoms with Crippen molar-refractivity contribution in [3.8, 4) is 11.1 Å². The van der Waals surface area contributed by atoms with Crippen LogP contribution in [0, 0.1) is 0 Å². The van der Waals surface area contributed by atoms with E-state index in [2.05, 4.69) is 0 Å². The van der Waals surface area contributed by atoms with Crippen molar-refractivity contribution in [1.29, 1.82) is 0 Å². The number of hydrogen-bond donors (Lipinski definition) is 0. The van der Waals surface area contributed by atoms with Gasteiger partial charge in [0.05, 0.1) is 0 Å². The number of benzene rings is 3. The summed E-state index contributed by atoms with van der Waals surface area (Å²) in [5.74, 6) is -0.0116. The lowest BCUT2D eigenvalue weighted by Crippen LogP contribution is -2.17. The highest BCUT2D eigenvalue weighted by atomic mass is 16.5. The topological polar surface area (TPSA) is 26.3 Å². The molecule has 1 atom stereocenters. The van der Waals surface area contributed by atoms with Crippen molar-refractivity contribution in [3.05, 3.63) is 96.1 Å². The zero-order valence-electron chi connectivity index (χ0n) is 13.7. The van der Waals surface area contributed by atoms with Crippen molar-refractivity contribution in [1.82, 2.24) is 0 Å². The number of hydrogen-bond acceptors (Lipinski definition) is 2. The van der Waals surface area contributed by atoms with Crippen molar-refractivity contribution >= 4 is 5.78 Å². The minimum Gasteiger partial charge on any atom is -0.366 e. The van der Waals surface area contributed by atoms with Gasteiger partial charge in [-0.2, -0.15) is 0 Å². The lowest BCUT2D eigenvalue weighted by Gasteiger charge is -2.18. The number of rotatable bonds is 6. The number of carbonyl (C=O) groups excluding carboxylic acids is 1. The lowest BCUT2D eigenvalue weighted by molar-refractivity contribution is 0.0453. The molecule has 0 radical (unpaired) electrons. The fraction of sp³-hybridized carbons (Fsp3) is 0.136. The van der Waals surface area contributed by atoms with Gasteiger partial charge >= 0.3 is 0 Å². The fourth-order valence-corrected chi connectivity index (χ4v) is 2.83. The van der Waals surface area contributed by atoms with Crippen LogP contribution < -0.4 is 0 Å². The van der Waals surface area contributed by atoms with Gasteiger partial charge in [-0.05, 0) is 23.6 Å². The van der Waals surface area contributed by atoms with Gasteiger partial charge in [0.2, 0.25) is 0 Å². The van der Waals surface area contributed by atoms with E-state index in [1.54, 1.807) is 0 Å². The SMILES string of the molecule is CCOC(C(=O)c1ccccc1-c1ccccc1)c1ccccc1. The standard InChI is InChI=1S/C22H20O2/c1-2-24-22(18-13-7-4-8-14-18)21(23)20-16-10-9-15-19(20)17-11-5-3-6-12-17/h3-16,22H,2H2,1H3. The van der Waals surface area contributed by atoms with Gasteiger partial charge in [0.25, 0.3) is 0 Å². The molecule has 0 bridgehead atoms. The summed E-state index contributed by atoms with van der Waals surface area (Å²) < 4.78 is 5.79. The molecule has 1 unspecified atom stereocenters. The summed E-state index contributed by atoms with van der Waals surface area (Å²) >= 11 is 0. The molecule has 3 aromatic rings. The van der Waals surface area contributed by atoms with Crippen LogP contribution >= 0.6 is 0 Å². The van der Waals surface area contributed by atoms with Crippen molar-refractivity contribution in [2.24, 2.45) is 0 Å². The van der Waals surface area contributed by atoms with E-state index in [1.165, 1.54) is 0 Å². The molecule has 120 valence electrons. The van der Waals surface area contributed by atoms with Gasteiger partial charge in [0.15, 0.2) is 5.78 Å². The molecule has 0 aliphatic carbocycles. The summed E-state index contributed by atoms with van der Waals surface area (Å²) in [5.41, 5.74) is 3.53. The second kappa shape index (κ2) is 7.71. The van der Waals surface area contributed by atoms with E-state index < -0.39 is 6.10 Å². The summed E-state index contributed by atoms with van der Waals surface area (Å²) in [6, 6.07) is 27.3. The maximum Gasteiger partial charge on any atom is 0.196 e. The maximum atomic E-state index is 13.2. The number of Topliss-reactive ketones (excluding diaryl/α,β-unsaturated/α-hetero) is 1. The zero-order valence-corrected chi connectivity index (χ0v) is 13.7. The van der Waals surface area contributed by atoms with Crippen LogP contribution in [0.3, 0.4) is 0 Å². The van der Waals surface area contributed by atoms with Crippen molar-refractivity contribution in [3.63, 3.8) is 0 Å². The molecule has 24 heavy (non-hydrogen) atoms. The van der Waals surface area contributed by atoms with E-state index in [4.69, 9.17) is 4.74 Å². The van der Waals surface area contributed by atoms with Crippen LogP contribution in [-0.2, 0) is 4.74 Å². The van der Waals surface area contributed by atoms with Gasteiger partial charge in [-0.15, -0.1) is 0 Å². The minimum atomic E-state index is -0.582. The average molecular weight is 316 g/mol. The van der Waals surface area contributed by atoms with E-state index in [0.717, 1.165) is 16.7 Å². The highest BCUT2D eigenvalue weighted by Gasteiger charge is 2.24. The Morgan fingerprint density at radius 2 is 1.42 bits per heavy atom. The largest absolute Gasteiger partial charge is 0.366 e. The first kappa shape index (κ1) is 16.2. The van der Waals surface area contributed by atoms with E-state index in [1.807, 2.05) is 91.9 Å². The van der Waals surface area contributed by atoms with Gasteiger partial charge in [-0.25, -0.2) is 0 Å². The third-order valence-corrected chi connectivity index (χ3v) is 3.95. The molecule has 0 heterocycles. The van der Waals surface area contributed by atoms with Gasteiger partial charge < -0.3 is 4.74 Å². The molecule has 0 aliphatic rings. The molecule has 0 N–H and O–H groups in total. The van der Waals surface area contributed by atoms with E-state index in [0.29, 0.717) is 12.2 Å². The third kappa shape index (κ3) is 3.44. The Kier molecular flexibility index (Phi) is 5.19. The highest BCUT2D eigenvalue weighted by molar-refractivity contribution is 6.05. The monoisotopic (exact) mass is 316 g/mol. The molecule has 0 saturated carbocycles. The molecule has 0 aromatic heterocycles. The Hall–Kier alpha value is -2.71. The second-order valence-corrected chi connectivity index (χ2v) is 5.52. The Bertz CT molecular complexity index is 794. The first-order valence-corrected chi connectivity index (χ1v) is 8.16. The summed E-state index contributed by atoms with van der Waals surface area (Å²) in [7, 11) is 0. The van der Waals surface area contributed by atoms with Crippen LogP contribution in [0.15, 0.2) is 84.9 Å². The van der Waals surface area contributed by atoms with Crippen LogP contribution in [-0.4, -0.2) is 12.4 Å². The number of ether oxygens (including phenoxy) is 1. The first-order chi connectivity index (χ1) is 11.8. The van der Waals surface area contributed by atoms with Crippen molar-refractivity contribution in [2.75, 3.05) is 6.61 Å². The highest BCUT2D eigenvalue weighted by Crippen LogP contribution is 2.29. The number of ketones is 1. The molecule has 0 fully saturated rings. The molecule has 0 spiro atoms. The molecule has 2 nitrogen and oxygen atoms in total.